The summed E-state index contributed by atoms with van der Waals surface area (Å²) in [5.74, 6) is -0.100. The molecule has 8 nitrogen and oxygen atoms in total. The summed E-state index contributed by atoms with van der Waals surface area (Å²) in [6, 6.07) is 1.81. The van der Waals surface area contributed by atoms with Gasteiger partial charge in [0.1, 0.15) is 30.1 Å². The molecule has 1 fully saturated rings. The summed E-state index contributed by atoms with van der Waals surface area (Å²) in [5.41, 5.74) is 0. The van der Waals surface area contributed by atoms with Crippen LogP contribution < -0.4 is 5.32 Å². The van der Waals surface area contributed by atoms with E-state index in [1.807, 2.05) is 0 Å². The van der Waals surface area contributed by atoms with Gasteiger partial charge in [-0.3, -0.25) is 4.79 Å². The van der Waals surface area contributed by atoms with E-state index < -0.39 is 43.2 Å². The topological polar surface area (TPSA) is 132 Å². The number of carbonyl (C=O) groups is 1. The van der Waals surface area contributed by atoms with Crippen molar-refractivity contribution < 1.29 is 34.4 Å². The minimum absolute atomic E-state index is 0.0145. The van der Waals surface area contributed by atoms with Crippen molar-refractivity contribution in [2.75, 3.05) is 6.61 Å². The zero-order valence-corrected chi connectivity index (χ0v) is 10.8. The van der Waals surface area contributed by atoms with E-state index in [0.717, 1.165) is 0 Å². The van der Waals surface area contributed by atoms with Crippen molar-refractivity contribution in [1.82, 2.24) is 5.32 Å². The summed E-state index contributed by atoms with van der Waals surface area (Å²) in [4.78, 5) is 11.9. The second kappa shape index (κ2) is 5.90. The molecule has 0 radical (unpaired) electrons. The van der Waals surface area contributed by atoms with Gasteiger partial charge in [0, 0.05) is 0 Å². The first kappa shape index (κ1) is 14.9. The molecule has 1 saturated heterocycles. The van der Waals surface area contributed by atoms with Gasteiger partial charge >= 0.3 is 0 Å². The largest absolute Gasteiger partial charge is 0.456 e. The van der Waals surface area contributed by atoms with Gasteiger partial charge < -0.3 is 34.9 Å². The van der Waals surface area contributed by atoms with E-state index >= 15 is 0 Å². The summed E-state index contributed by atoms with van der Waals surface area (Å²) in [5, 5.41) is 40.5. The third-order valence-corrected chi connectivity index (χ3v) is 3.16. The lowest BCUT2D eigenvalue weighted by molar-refractivity contribution is -0.252. The molecule has 112 valence electrons. The van der Waals surface area contributed by atoms with Gasteiger partial charge in [0.05, 0.1) is 6.61 Å². The number of ether oxygens (including phenoxy) is 1. The van der Waals surface area contributed by atoms with E-state index in [4.69, 9.17) is 14.3 Å². The highest BCUT2D eigenvalue weighted by molar-refractivity contribution is 5.91. The Balaban J connectivity index is 2.06. The Morgan fingerprint density at radius 2 is 2.00 bits per heavy atom. The molecule has 1 aromatic heterocycles. The van der Waals surface area contributed by atoms with Gasteiger partial charge in [0.2, 0.25) is 0 Å². The summed E-state index contributed by atoms with van der Waals surface area (Å²) >= 11 is 0. The monoisotopic (exact) mass is 287 g/mol. The van der Waals surface area contributed by atoms with E-state index in [-0.39, 0.29) is 5.76 Å². The second-order valence-corrected chi connectivity index (χ2v) is 4.64. The number of aryl methyl sites for hydroxylation is 1. The highest BCUT2D eigenvalue weighted by atomic mass is 16.6. The molecule has 5 atom stereocenters. The Hall–Kier alpha value is -1.45. The van der Waals surface area contributed by atoms with E-state index in [2.05, 4.69) is 5.32 Å². The number of hydrogen-bond donors (Lipinski definition) is 5. The van der Waals surface area contributed by atoms with Crippen LogP contribution in [-0.2, 0) is 4.74 Å². The summed E-state index contributed by atoms with van der Waals surface area (Å²) in [7, 11) is 0. The van der Waals surface area contributed by atoms with Crippen molar-refractivity contribution in [2.24, 2.45) is 0 Å². The fourth-order valence-corrected chi connectivity index (χ4v) is 2.03. The molecule has 0 saturated carbocycles. The fraction of sp³-hybridized carbons (Fsp3) is 0.583. The molecule has 2 heterocycles. The van der Waals surface area contributed by atoms with Crippen molar-refractivity contribution in [3.05, 3.63) is 23.7 Å². The lowest BCUT2D eigenvalue weighted by atomic mass is 9.97. The van der Waals surface area contributed by atoms with Crippen molar-refractivity contribution in [3.63, 3.8) is 0 Å². The molecular weight excluding hydrogens is 270 g/mol. The molecule has 1 aliphatic heterocycles. The Bertz CT molecular complexity index is 474. The number of nitrogens with one attached hydrogen (secondary N) is 1. The van der Waals surface area contributed by atoms with E-state index in [9.17, 15) is 20.1 Å². The van der Waals surface area contributed by atoms with Crippen molar-refractivity contribution in [1.29, 1.82) is 0 Å². The molecule has 0 bridgehead atoms. The van der Waals surface area contributed by atoms with Crippen LogP contribution in [0.4, 0.5) is 0 Å². The number of aliphatic hydroxyl groups excluding tert-OH is 4. The average Bonchev–Trinajstić information content (AvgIpc) is 2.85. The van der Waals surface area contributed by atoms with Crippen molar-refractivity contribution in [2.45, 2.75) is 37.6 Å². The molecule has 0 spiro atoms. The standard InChI is InChI=1S/C12H17NO7/c1-5-2-3-6(19-5)11(17)13-8-10(16)9(15)7(4-14)20-12(8)18/h2-3,7-10,12,14-16,18H,4H2,1H3,(H,13,17)/t7-,8+,9-,10-,12?/m1/s1. The van der Waals surface area contributed by atoms with Crippen LogP contribution in [0.2, 0.25) is 0 Å². The molecule has 2 rings (SSSR count). The maximum absolute atomic E-state index is 11.9. The van der Waals surface area contributed by atoms with Crippen LogP contribution in [0.1, 0.15) is 16.3 Å². The molecule has 1 unspecified atom stereocenters. The summed E-state index contributed by atoms with van der Waals surface area (Å²) < 4.78 is 10.0. The van der Waals surface area contributed by atoms with Gasteiger partial charge in [-0.1, -0.05) is 0 Å². The Kier molecular flexibility index (Phi) is 4.41. The molecule has 5 N–H and O–H groups in total. The lowest BCUT2D eigenvalue weighted by Gasteiger charge is -2.40. The number of rotatable bonds is 3. The number of hydrogen-bond acceptors (Lipinski definition) is 7. The average molecular weight is 287 g/mol. The SMILES string of the molecule is Cc1ccc(C(=O)N[C@@H]2C(O)O[C@H](CO)[C@@H](O)[C@@H]2O)o1. The van der Waals surface area contributed by atoms with E-state index in [0.29, 0.717) is 5.76 Å². The molecule has 0 aliphatic carbocycles. The maximum Gasteiger partial charge on any atom is 0.287 e. The van der Waals surface area contributed by atoms with Crippen molar-refractivity contribution in [3.8, 4) is 0 Å². The zero-order valence-electron chi connectivity index (χ0n) is 10.8. The predicted octanol–water partition coefficient (Wildman–Crippen LogP) is -1.88. The van der Waals surface area contributed by atoms with Crippen LogP contribution >= 0.6 is 0 Å². The lowest BCUT2D eigenvalue weighted by Crippen LogP contribution is -2.64. The van der Waals surface area contributed by atoms with Gasteiger partial charge in [-0.25, -0.2) is 0 Å². The highest BCUT2D eigenvalue weighted by Crippen LogP contribution is 2.20. The predicted molar refractivity (Wildman–Crippen MR) is 64.7 cm³/mol. The van der Waals surface area contributed by atoms with Gasteiger partial charge in [0.25, 0.3) is 5.91 Å². The molecular formula is C12H17NO7. The molecule has 1 amide bonds. The van der Waals surface area contributed by atoms with Crippen LogP contribution in [0.15, 0.2) is 16.5 Å². The third-order valence-electron chi connectivity index (χ3n) is 3.16. The fourth-order valence-electron chi connectivity index (χ4n) is 2.03. The molecule has 1 aromatic rings. The maximum atomic E-state index is 11.9. The molecule has 0 aromatic carbocycles. The molecule has 20 heavy (non-hydrogen) atoms. The first-order valence-electron chi connectivity index (χ1n) is 6.12. The quantitative estimate of drug-likeness (QED) is 0.439. The number of aliphatic hydroxyl groups is 4. The normalized spacial score (nSPS) is 34.0. The Morgan fingerprint density at radius 3 is 2.55 bits per heavy atom. The van der Waals surface area contributed by atoms with Crippen LogP contribution in [-0.4, -0.2) is 63.6 Å². The Labute approximate surface area is 114 Å². The molecule has 8 heteroatoms. The van der Waals surface area contributed by atoms with Gasteiger partial charge in [-0.15, -0.1) is 0 Å². The smallest absolute Gasteiger partial charge is 0.287 e. The minimum atomic E-state index is -1.55. The number of carbonyl (C=O) groups excluding carboxylic acids is 1. The van der Waals surface area contributed by atoms with Gasteiger partial charge in [0.15, 0.2) is 12.1 Å². The Morgan fingerprint density at radius 1 is 1.30 bits per heavy atom. The minimum Gasteiger partial charge on any atom is -0.456 e. The molecule has 1 aliphatic rings. The zero-order chi connectivity index (χ0) is 14.9. The highest BCUT2D eigenvalue weighted by Gasteiger charge is 2.44. The van der Waals surface area contributed by atoms with Crippen LogP contribution in [0.3, 0.4) is 0 Å². The van der Waals surface area contributed by atoms with Gasteiger partial charge in [-0.05, 0) is 19.1 Å². The van der Waals surface area contributed by atoms with Gasteiger partial charge in [-0.2, -0.15) is 0 Å². The third kappa shape index (κ3) is 2.84. The second-order valence-electron chi connectivity index (χ2n) is 4.64. The van der Waals surface area contributed by atoms with E-state index in [1.165, 1.54) is 6.07 Å². The first-order valence-corrected chi connectivity index (χ1v) is 6.12. The van der Waals surface area contributed by atoms with E-state index in [1.54, 1.807) is 13.0 Å². The van der Waals surface area contributed by atoms with Crippen LogP contribution in [0.5, 0.6) is 0 Å². The van der Waals surface area contributed by atoms with Crippen LogP contribution in [0, 0.1) is 6.92 Å². The summed E-state index contributed by atoms with van der Waals surface area (Å²) in [6.07, 6.45) is -5.56. The first-order chi connectivity index (χ1) is 9.43. The summed E-state index contributed by atoms with van der Waals surface area (Å²) in [6.45, 7) is 1.10. The number of furan rings is 1. The van der Waals surface area contributed by atoms with Crippen LogP contribution in [0.25, 0.3) is 0 Å². The van der Waals surface area contributed by atoms with Crippen molar-refractivity contribution >= 4 is 5.91 Å². The number of amides is 1.